The number of para-hydroxylation sites is 1. The largest absolute Gasteiger partial charge is 0.488 e. The van der Waals surface area contributed by atoms with Crippen LogP contribution in [0.4, 0.5) is 0 Å². The normalized spacial score (nSPS) is 33.1. The summed E-state index contributed by atoms with van der Waals surface area (Å²) in [6, 6.07) is 8.40. The highest BCUT2D eigenvalue weighted by molar-refractivity contribution is 5.81. The van der Waals surface area contributed by atoms with Crippen LogP contribution in [0.25, 0.3) is 0 Å². The molecule has 2 heterocycles. The van der Waals surface area contributed by atoms with Crippen molar-refractivity contribution in [1.29, 1.82) is 0 Å². The lowest BCUT2D eigenvalue weighted by atomic mass is 9.62. The molecule has 2 bridgehead atoms. The third kappa shape index (κ3) is 1.62. The number of amides is 1. The minimum atomic E-state index is 0.175. The zero-order valence-electron chi connectivity index (χ0n) is 12.1. The lowest BCUT2D eigenvalue weighted by Gasteiger charge is -2.45. The monoisotopic (exact) mass is 271 g/mol. The Hall–Kier alpha value is -1.51. The number of ether oxygens (including phenoxy) is 1. The van der Waals surface area contributed by atoms with Crippen LogP contribution in [0, 0.1) is 11.3 Å². The van der Waals surface area contributed by atoms with Crippen LogP contribution >= 0.6 is 0 Å². The molecular weight excluding hydrogens is 250 g/mol. The first kappa shape index (κ1) is 12.2. The van der Waals surface area contributed by atoms with E-state index in [1.54, 1.807) is 0 Å². The molecule has 3 aliphatic rings. The Morgan fingerprint density at radius 2 is 2.15 bits per heavy atom. The van der Waals surface area contributed by atoms with Gasteiger partial charge in [0.25, 0.3) is 0 Å². The summed E-state index contributed by atoms with van der Waals surface area (Å²) in [6.45, 7) is 5.18. The Kier molecular flexibility index (Phi) is 2.45. The van der Waals surface area contributed by atoms with Crippen LogP contribution in [0.5, 0.6) is 5.75 Å². The fourth-order valence-corrected chi connectivity index (χ4v) is 3.99. The van der Waals surface area contributed by atoms with Gasteiger partial charge in [-0.3, -0.25) is 4.79 Å². The van der Waals surface area contributed by atoms with Crippen LogP contribution in [0.2, 0.25) is 0 Å². The molecule has 20 heavy (non-hydrogen) atoms. The van der Waals surface area contributed by atoms with Gasteiger partial charge in [0.1, 0.15) is 11.9 Å². The third-order valence-electron chi connectivity index (χ3n) is 5.44. The Morgan fingerprint density at radius 3 is 2.85 bits per heavy atom. The van der Waals surface area contributed by atoms with Crippen molar-refractivity contribution in [1.82, 2.24) is 4.90 Å². The Bertz CT molecular complexity index is 566. The minimum absolute atomic E-state index is 0.175. The molecule has 0 radical (unpaired) electrons. The second-order valence-electron chi connectivity index (χ2n) is 7.10. The summed E-state index contributed by atoms with van der Waals surface area (Å²) in [5, 5.41) is 0. The van der Waals surface area contributed by atoms with Crippen molar-refractivity contribution in [2.24, 2.45) is 11.3 Å². The fourth-order valence-electron chi connectivity index (χ4n) is 3.99. The molecular formula is C17H21NO2. The van der Waals surface area contributed by atoms with Crippen molar-refractivity contribution >= 4 is 5.91 Å². The van der Waals surface area contributed by atoms with E-state index in [0.717, 1.165) is 25.1 Å². The topological polar surface area (TPSA) is 29.5 Å². The maximum Gasteiger partial charge on any atom is 0.226 e. The number of fused-ring (bicyclic) bond motifs is 4. The summed E-state index contributed by atoms with van der Waals surface area (Å²) < 4.78 is 5.99. The van der Waals surface area contributed by atoms with Crippen molar-refractivity contribution in [3.8, 4) is 5.75 Å². The maximum absolute atomic E-state index is 12.9. The highest BCUT2D eigenvalue weighted by atomic mass is 16.5. The molecule has 1 aromatic carbocycles. The van der Waals surface area contributed by atoms with Crippen LogP contribution in [0.15, 0.2) is 24.3 Å². The molecule has 1 saturated heterocycles. The number of hydrogen-bond donors (Lipinski definition) is 0. The highest BCUT2D eigenvalue weighted by Gasteiger charge is 2.49. The summed E-state index contributed by atoms with van der Waals surface area (Å²) >= 11 is 0. The van der Waals surface area contributed by atoms with Gasteiger partial charge in [0.05, 0.1) is 12.6 Å². The van der Waals surface area contributed by atoms with Crippen LogP contribution in [-0.2, 0) is 4.79 Å². The average Bonchev–Trinajstić information content (AvgIpc) is 2.76. The van der Waals surface area contributed by atoms with Crippen molar-refractivity contribution in [2.75, 3.05) is 6.54 Å². The average molecular weight is 271 g/mol. The van der Waals surface area contributed by atoms with Crippen LogP contribution < -0.4 is 4.74 Å². The number of rotatable bonds is 1. The smallest absolute Gasteiger partial charge is 0.226 e. The van der Waals surface area contributed by atoms with Crippen LogP contribution in [-0.4, -0.2) is 23.5 Å². The molecule has 3 nitrogen and oxygen atoms in total. The van der Waals surface area contributed by atoms with E-state index in [0.29, 0.717) is 5.91 Å². The van der Waals surface area contributed by atoms with Crippen molar-refractivity contribution in [3.63, 3.8) is 0 Å². The molecule has 0 aromatic heterocycles. The van der Waals surface area contributed by atoms with E-state index in [2.05, 4.69) is 24.8 Å². The first-order valence-electron chi connectivity index (χ1n) is 7.62. The number of carbonyl (C=O) groups excluding carboxylic acids is 1. The van der Waals surface area contributed by atoms with E-state index in [1.807, 2.05) is 18.2 Å². The Balaban J connectivity index is 1.64. The third-order valence-corrected chi connectivity index (χ3v) is 5.44. The second-order valence-corrected chi connectivity index (χ2v) is 7.10. The standard InChI is InChI=1S/C17H21NO2/c1-17(2)8-7-13(17)16(19)18-10-11-9-14(18)12-5-3-4-6-15(12)20-11/h3-6,11,13-14H,7-10H2,1-2H3/t11-,13?,14-/m0/s1. The molecule has 106 valence electrons. The van der Waals surface area contributed by atoms with Gasteiger partial charge in [-0.15, -0.1) is 0 Å². The Morgan fingerprint density at radius 1 is 1.35 bits per heavy atom. The first-order chi connectivity index (χ1) is 9.56. The minimum Gasteiger partial charge on any atom is -0.488 e. The molecule has 2 aliphatic heterocycles. The molecule has 0 spiro atoms. The van der Waals surface area contributed by atoms with E-state index in [1.165, 1.54) is 12.0 Å². The zero-order chi connectivity index (χ0) is 13.9. The van der Waals surface area contributed by atoms with Gasteiger partial charge in [-0.2, -0.15) is 0 Å². The van der Waals surface area contributed by atoms with Gasteiger partial charge < -0.3 is 9.64 Å². The molecule has 0 N–H and O–H groups in total. The van der Waals surface area contributed by atoms with Gasteiger partial charge in [0.15, 0.2) is 0 Å². The summed E-state index contributed by atoms with van der Waals surface area (Å²) in [5.74, 6) is 1.51. The van der Waals surface area contributed by atoms with E-state index < -0.39 is 0 Å². The summed E-state index contributed by atoms with van der Waals surface area (Å²) in [6.07, 6.45) is 3.35. The van der Waals surface area contributed by atoms with Crippen LogP contribution in [0.1, 0.15) is 44.7 Å². The quantitative estimate of drug-likeness (QED) is 0.785. The summed E-state index contributed by atoms with van der Waals surface area (Å²) in [7, 11) is 0. The number of hydrogen-bond acceptors (Lipinski definition) is 2. The molecule has 4 rings (SSSR count). The first-order valence-corrected chi connectivity index (χ1v) is 7.62. The van der Waals surface area contributed by atoms with E-state index in [-0.39, 0.29) is 23.5 Å². The number of carbonyl (C=O) groups is 1. The van der Waals surface area contributed by atoms with E-state index in [4.69, 9.17) is 4.74 Å². The molecule has 1 amide bonds. The van der Waals surface area contributed by atoms with Crippen molar-refractivity contribution in [3.05, 3.63) is 29.8 Å². The number of benzene rings is 1. The molecule has 3 atom stereocenters. The lowest BCUT2D eigenvalue weighted by molar-refractivity contribution is -0.146. The van der Waals surface area contributed by atoms with Gasteiger partial charge in [0.2, 0.25) is 5.91 Å². The molecule has 1 aliphatic carbocycles. The number of nitrogens with zero attached hydrogens (tertiary/aromatic N) is 1. The van der Waals surface area contributed by atoms with Gasteiger partial charge >= 0.3 is 0 Å². The highest BCUT2D eigenvalue weighted by Crippen LogP contribution is 2.50. The summed E-state index contributed by atoms with van der Waals surface area (Å²) in [5.41, 5.74) is 1.36. The summed E-state index contributed by atoms with van der Waals surface area (Å²) in [4.78, 5) is 15.0. The van der Waals surface area contributed by atoms with Crippen LogP contribution in [0.3, 0.4) is 0 Å². The van der Waals surface area contributed by atoms with Gasteiger partial charge in [-0.25, -0.2) is 0 Å². The van der Waals surface area contributed by atoms with Crippen molar-refractivity contribution in [2.45, 2.75) is 45.3 Å². The van der Waals surface area contributed by atoms with Gasteiger partial charge in [-0.1, -0.05) is 32.0 Å². The predicted octanol–water partition coefficient (Wildman–Crippen LogP) is 3.16. The fraction of sp³-hybridized carbons (Fsp3) is 0.588. The molecule has 2 fully saturated rings. The SMILES string of the molecule is CC1(C)CCC1C(=O)N1C[C@@H]2C[C@H]1c1ccccc1O2. The van der Waals surface area contributed by atoms with E-state index >= 15 is 0 Å². The molecule has 3 heteroatoms. The van der Waals surface area contributed by atoms with E-state index in [9.17, 15) is 4.79 Å². The predicted molar refractivity (Wildman–Crippen MR) is 76.4 cm³/mol. The van der Waals surface area contributed by atoms with Crippen molar-refractivity contribution < 1.29 is 9.53 Å². The molecule has 1 unspecified atom stereocenters. The Labute approximate surface area is 119 Å². The van der Waals surface area contributed by atoms with Gasteiger partial charge in [-0.05, 0) is 24.3 Å². The second kappa shape index (κ2) is 4.00. The maximum atomic E-state index is 12.9. The lowest BCUT2D eigenvalue weighted by Crippen LogP contribution is -2.47. The zero-order valence-corrected chi connectivity index (χ0v) is 12.1. The molecule has 1 saturated carbocycles. The van der Waals surface area contributed by atoms with Gasteiger partial charge in [0, 0.05) is 17.9 Å². The number of likely N-dealkylation sites (tertiary alicyclic amines) is 1. The molecule has 1 aromatic rings.